The average Bonchev–Trinajstić information content (AvgIpc) is 3.34. The van der Waals surface area contributed by atoms with Crippen molar-refractivity contribution in [1.82, 2.24) is 19.7 Å². The first-order chi connectivity index (χ1) is 12.5. The topological polar surface area (TPSA) is 92.1 Å². The number of aryl methyl sites for hydroxylation is 1. The summed E-state index contributed by atoms with van der Waals surface area (Å²) in [5, 5.41) is 11.5. The van der Waals surface area contributed by atoms with Crippen LogP contribution >= 0.6 is 11.6 Å². The summed E-state index contributed by atoms with van der Waals surface area (Å²) < 4.78 is 33.1. The third-order valence-corrected chi connectivity index (χ3v) is 6.69. The number of halogens is 1. The molecule has 2 aromatic heterocycles. The van der Waals surface area contributed by atoms with E-state index in [0.29, 0.717) is 23.7 Å². The molecule has 1 aliphatic rings. The molecule has 1 atom stereocenters. The Balaban J connectivity index is 1.72. The minimum absolute atomic E-state index is 0.227. The average molecular weight is 393 g/mol. The Kier molecular flexibility index (Phi) is 4.34. The van der Waals surface area contributed by atoms with E-state index in [1.165, 1.54) is 16.4 Å². The number of H-pyrrole nitrogens is 1. The number of hydrogen-bond acceptors (Lipinski definition) is 5. The van der Waals surface area contributed by atoms with Crippen LogP contribution in [0.3, 0.4) is 0 Å². The molecule has 1 fully saturated rings. The highest BCUT2D eigenvalue weighted by atomic mass is 35.5. The molecule has 0 unspecified atom stereocenters. The fourth-order valence-corrected chi connectivity index (χ4v) is 5.09. The van der Waals surface area contributed by atoms with Gasteiger partial charge in [-0.05, 0) is 44.0 Å². The first-order valence-corrected chi connectivity index (χ1v) is 10.0. The SMILES string of the molecule is Cc1cc(-c2cn[nH]c2[C@@H]2CCCN2S(=O)(=O)c2ccc(Cl)cc2)on1. The van der Waals surface area contributed by atoms with Gasteiger partial charge >= 0.3 is 0 Å². The molecule has 1 N–H and O–H groups in total. The molecule has 0 bridgehead atoms. The molecule has 0 spiro atoms. The van der Waals surface area contributed by atoms with E-state index in [-0.39, 0.29) is 10.9 Å². The van der Waals surface area contributed by atoms with Crippen molar-refractivity contribution in [2.45, 2.75) is 30.7 Å². The van der Waals surface area contributed by atoms with Gasteiger partial charge < -0.3 is 4.52 Å². The van der Waals surface area contributed by atoms with Crippen molar-refractivity contribution in [1.29, 1.82) is 0 Å². The predicted molar refractivity (Wildman–Crippen MR) is 96.1 cm³/mol. The molecule has 26 heavy (non-hydrogen) atoms. The van der Waals surface area contributed by atoms with E-state index in [4.69, 9.17) is 16.1 Å². The van der Waals surface area contributed by atoms with Crippen LogP contribution in [0.5, 0.6) is 0 Å². The Morgan fingerprint density at radius 1 is 1.31 bits per heavy atom. The first kappa shape index (κ1) is 17.3. The first-order valence-electron chi connectivity index (χ1n) is 8.21. The van der Waals surface area contributed by atoms with Gasteiger partial charge in [0.05, 0.1) is 34.1 Å². The monoisotopic (exact) mass is 392 g/mol. The molecule has 1 saturated heterocycles. The second-order valence-electron chi connectivity index (χ2n) is 6.26. The van der Waals surface area contributed by atoms with Crippen LogP contribution < -0.4 is 0 Å². The number of rotatable bonds is 4. The molecular weight excluding hydrogens is 376 g/mol. The van der Waals surface area contributed by atoms with Gasteiger partial charge in [-0.25, -0.2) is 8.42 Å². The molecule has 1 aliphatic heterocycles. The molecule has 136 valence electrons. The molecule has 7 nitrogen and oxygen atoms in total. The Morgan fingerprint density at radius 3 is 2.77 bits per heavy atom. The van der Waals surface area contributed by atoms with E-state index in [1.807, 2.05) is 6.92 Å². The van der Waals surface area contributed by atoms with Gasteiger partial charge in [0, 0.05) is 17.6 Å². The smallest absolute Gasteiger partial charge is 0.243 e. The van der Waals surface area contributed by atoms with Crippen LogP contribution in [-0.2, 0) is 10.0 Å². The predicted octanol–water partition coefficient (Wildman–Crippen LogP) is 3.55. The normalized spacial score (nSPS) is 18.5. The lowest BCUT2D eigenvalue weighted by atomic mass is 10.1. The summed E-state index contributed by atoms with van der Waals surface area (Å²) in [5.41, 5.74) is 2.20. The van der Waals surface area contributed by atoms with Crippen LogP contribution in [0.15, 0.2) is 45.9 Å². The summed E-state index contributed by atoms with van der Waals surface area (Å²) in [6, 6.07) is 7.69. The zero-order valence-electron chi connectivity index (χ0n) is 14.0. The van der Waals surface area contributed by atoms with Crippen molar-refractivity contribution in [2.75, 3.05) is 6.54 Å². The summed E-state index contributed by atoms with van der Waals surface area (Å²) in [6.45, 7) is 2.28. The summed E-state index contributed by atoms with van der Waals surface area (Å²) in [6.07, 6.45) is 3.11. The maximum Gasteiger partial charge on any atom is 0.243 e. The van der Waals surface area contributed by atoms with E-state index >= 15 is 0 Å². The standard InChI is InChI=1S/C17H17ClN4O3S/c1-11-9-16(25-21-11)14-10-19-20-17(14)15-3-2-8-22(15)26(23,24)13-6-4-12(18)5-7-13/h4-7,9-10,15H,2-3,8H2,1H3,(H,19,20)/t15-/m0/s1. The fraction of sp³-hybridized carbons (Fsp3) is 0.294. The number of sulfonamides is 1. The van der Waals surface area contributed by atoms with Crippen molar-refractivity contribution >= 4 is 21.6 Å². The molecule has 9 heteroatoms. The number of benzene rings is 1. The van der Waals surface area contributed by atoms with E-state index in [9.17, 15) is 8.42 Å². The van der Waals surface area contributed by atoms with Gasteiger partial charge in [-0.15, -0.1) is 0 Å². The molecule has 0 radical (unpaired) electrons. The Hall–Kier alpha value is -2.16. The quantitative estimate of drug-likeness (QED) is 0.732. The van der Waals surface area contributed by atoms with Gasteiger partial charge in [-0.3, -0.25) is 5.10 Å². The van der Waals surface area contributed by atoms with Crippen LogP contribution in [0.2, 0.25) is 5.02 Å². The van der Waals surface area contributed by atoms with E-state index in [0.717, 1.165) is 23.4 Å². The number of aromatic amines is 1. The number of nitrogens with zero attached hydrogens (tertiary/aromatic N) is 3. The van der Waals surface area contributed by atoms with Crippen molar-refractivity contribution in [3.05, 3.63) is 52.9 Å². The molecule has 3 heterocycles. The summed E-state index contributed by atoms with van der Waals surface area (Å²) in [4.78, 5) is 0.227. The van der Waals surface area contributed by atoms with Gasteiger partial charge in [0.15, 0.2) is 5.76 Å². The highest BCUT2D eigenvalue weighted by Gasteiger charge is 2.38. The molecule has 4 rings (SSSR count). The van der Waals surface area contributed by atoms with Gasteiger partial charge in [-0.2, -0.15) is 9.40 Å². The van der Waals surface area contributed by atoms with E-state index in [2.05, 4.69) is 15.4 Å². The fourth-order valence-electron chi connectivity index (χ4n) is 3.30. The van der Waals surface area contributed by atoms with Gasteiger partial charge in [0.2, 0.25) is 10.0 Å². The molecule has 1 aromatic carbocycles. The summed E-state index contributed by atoms with van der Waals surface area (Å²) in [7, 11) is -3.64. The lowest BCUT2D eigenvalue weighted by Gasteiger charge is -2.24. The third kappa shape index (κ3) is 2.94. The lowest BCUT2D eigenvalue weighted by molar-refractivity contribution is 0.388. The van der Waals surface area contributed by atoms with Crippen LogP contribution in [0, 0.1) is 6.92 Å². The summed E-state index contributed by atoms with van der Waals surface area (Å²) in [5.74, 6) is 0.571. The molecule has 0 aliphatic carbocycles. The maximum absolute atomic E-state index is 13.1. The minimum atomic E-state index is -3.64. The number of hydrogen-bond donors (Lipinski definition) is 1. The van der Waals surface area contributed by atoms with Gasteiger partial charge in [0.25, 0.3) is 0 Å². The van der Waals surface area contributed by atoms with Crippen LogP contribution in [0.1, 0.15) is 30.3 Å². The lowest BCUT2D eigenvalue weighted by Crippen LogP contribution is -2.31. The van der Waals surface area contributed by atoms with Crippen molar-refractivity contribution < 1.29 is 12.9 Å². The second kappa shape index (κ2) is 6.53. The largest absolute Gasteiger partial charge is 0.356 e. The van der Waals surface area contributed by atoms with Crippen LogP contribution in [0.4, 0.5) is 0 Å². The highest BCUT2D eigenvalue weighted by Crippen LogP contribution is 2.39. The van der Waals surface area contributed by atoms with Gasteiger partial charge in [0.1, 0.15) is 0 Å². The zero-order valence-corrected chi connectivity index (χ0v) is 15.6. The summed E-state index contributed by atoms with van der Waals surface area (Å²) >= 11 is 5.88. The maximum atomic E-state index is 13.1. The van der Waals surface area contributed by atoms with Crippen molar-refractivity contribution in [3.8, 4) is 11.3 Å². The minimum Gasteiger partial charge on any atom is -0.356 e. The van der Waals surface area contributed by atoms with Gasteiger partial charge in [-0.1, -0.05) is 16.8 Å². The Bertz CT molecular complexity index is 1030. The van der Waals surface area contributed by atoms with Crippen LogP contribution in [-0.4, -0.2) is 34.6 Å². The number of aromatic nitrogens is 3. The van der Waals surface area contributed by atoms with Crippen molar-refractivity contribution in [3.63, 3.8) is 0 Å². The zero-order chi connectivity index (χ0) is 18.3. The molecular formula is C17H17ClN4O3S. The second-order valence-corrected chi connectivity index (χ2v) is 8.58. The number of nitrogens with one attached hydrogen (secondary N) is 1. The molecule has 3 aromatic rings. The Labute approximate surface area is 156 Å². The molecule has 0 amide bonds. The van der Waals surface area contributed by atoms with E-state index < -0.39 is 10.0 Å². The van der Waals surface area contributed by atoms with Crippen molar-refractivity contribution in [2.24, 2.45) is 0 Å². The molecule has 0 saturated carbocycles. The highest BCUT2D eigenvalue weighted by molar-refractivity contribution is 7.89. The Morgan fingerprint density at radius 2 is 2.08 bits per heavy atom. The van der Waals surface area contributed by atoms with E-state index in [1.54, 1.807) is 24.4 Å². The third-order valence-electron chi connectivity index (χ3n) is 4.52. The van der Waals surface area contributed by atoms with Crippen LogP contribution in [0.25, 0.3) is 11.3 Å².